The van der Waals surface area contributed by atoms with E-state index in [0.29, 0.717) is 0 Å². The van der Waals surface area contributed by atoms with Crippen LogP contribution in [0, 0.1) is 5.92 Å². The molecule has 0 radical (unpaired) electrons. The highest BCUT2D eigenvalue weighted by atomic mass is 79.9. The first-order valence-electron chi connectivity index (χ1n) is 5.52. The Morgan fingerprint density at radius 1 is 1.47 bits per heavy atom. The molecule has 4 heteroatoms. The Morgan fingerprint density at radius 3 is 3.00 bits per heavy atom. The van der Waals surface area contributed by atoms with Gasteiger partial charge in [-0.15, -0.1) is 0 Å². The van der Waals surface area contributed by atoms with Crippen LogP contribution in [0.5, 0.6) is 0 Å². The van der Waals surface area contributed by atoms with E-state index in [1.54, 1.807) is 6.20 Å². The van der Waals surface area contributed by atoms with Crippen LogP contribution in [0.25, 0.3) is 0 Å². The predicted molar refractivity (Wildman–Crippen MR) is 65.0 cm³/mol. The van der Waals surface area contributed by atoms with Crippen LogP contribution in [0.1, 0.15) is 26.2 Å². The molecule has 1 aliphatic rings. The van der Waals surface area contributed by atoms with E-state index in [2.05, 4.69) is 37.7 Å². The van der Waals surface area contributed by atoms with Crippen molar-refractivity contribution < 1.29 is 0 Å². The lowest BCUT2D eigenvalue weighted by Gasteiger charge is -2.16. The maximum Gasteiger partial charge on any atom is 0.147 e. The molecule has 1 aromatic rings. The van der Waals surface area contributed by atoms with Crippen molar-refractivity contribution in [2.75, 3.05) is 18.0 Å². The summed E-state index contributed by atoms with van der Waals surface area (Å²) in [4.78, 5) is 10.9. The Bertz CT molecular complexity index is 312. The largest absolute Gasteiger partial charge is 0.355 e. The summed E-state index contributed by atoms with van der Waals surface area (Å²) in [5, 5.41) is 0. The molecular formula is C11H16BrN3. The van der Waals surface area contributed by atoms with Crippen LogP contribution in [0.4, 0.5) is 5.82 Å². The third kappa shape index (κ3) is 2.68. The predicted octanol–water partition coefficient (Wildman–Crippen LogP) is 2.87. The van der Waals surface area contributed by atoms with Gasteiger partial charge in [0.1, 0.15) is 10.4 Å². The van der Waals surface area contributed by atoms with Gasteiger partial charge in [0.25, 0.3) is 0 Å². The number of rotatable bonds is 3. The van der Waals surface area contributed by atoms with Crippen molar-refractivity contribution in [3.63, 3.8) is 0 Å². The molecule has 2 rings (SSSR count). The van der Waals surface area contributed by atoms with Crippen LogP contribution in [0.15, 0.2) is 17.0 Å². The quantitative estimate of drug-likeness (QED) is 0.845. The summed E-state index contributed by atoms with van der Waals surface area (Å²) in [5.41, 5.74) is 0. The molecule has 0 spiro atoms. The highest BCUT2D eigenvalue weighted by Crippen LogP contribution is 2.24. The van der Waals surface area contributed by atoms with E-state index in [4.69, 9.17) is 0 Å². The summed E-state index contributed by atoms with van der Waals surface area (Å²) in [7, 11) is 0. The summed E-state index contributed by atoms with van der Waals surface area (Å²) in [5.74, 6) is 1.86. The van der Waals surface area contributed by atoms with Gasteiger partial charge in [-0.3, -0.25) is 0 Å². The molecular weight excluding hydrogens is 254 g/mol. The van der Waals surface area contributed by atoms with E-state index in [9.17, 15) is 0 Å². The van der Waals surface area contributed by atoms with Gasteiger partial charge in [0.2, 0.25) is 0 Å². The summed E-state index contributed by atoms with van der Waals surface area (Å²) in [6.07, 6.45) is 7.53. The normalized spacial score (nSPS) is 20.9. The van der Waals surface area contributed by atoms with Crippen LogP contribution in [-0.2, 0) is 0 Å². The minimum absolute atomic E-state index is 0.801. The van der Waals surface area contributed by atoms with Crippen molar-refractivity contribution in [1.29, 1.82) is 0 Å². The van der Waals surface area contributed by atoms with Gasteiger partial charge in [-0.1, -0.05) is 13.3 Å². The zero-order valence-corrected chi connectivity index (χ0v) is 10.6. The Kier molecular flexibility index (Phi) is 3.57. The minimum atomic E-state index is 0.801. The van der Waals surface area contributed by atoms with Crippen molar-refractivity contribution >= 4 is 21.7 Å². The summed E-state index contributed by atoms with van der Waals surface area (Å²) in [6, 6.07) is 0. The number of anilines is 1. The van der Waals surface area contributed by atoms with Crippen LogP contribution < -0.4 is 4.90 Å². The van der Waals surface area contributed by atoms with Crippen molar-refractivity contribution in [2.45, 2.75) is 26.2 Å². The second kappa shape index (κ2) is 4.92. The van der Waals surface area contributed by atoms with Gasteiger partial charge in [0.15, 0.2) is 0 Å². The number of nitrogens with zero attached hydrogens (tertiary/aromatic N) is 3. The fourth-order valence-electron chi connectivity index (χ4n) is 2.15. The Labute approximate surface area is 99.0 Å². The van der Waals surface area contributed by atoms with Gasteiger partial charge < -0.3 is 4.90 Å². The molecule has 0 bridgehead atoms. The van der Waals surface area contributed by atoms with Crippen LogP contribution in [-0.4, -0.2) is 23.1 Å². The van der Waals surface area contributed by atoms with Crippen LogP contribution in [0.2, 0.25) is 0 Å². The monoisotopic (exact) mass is 269 g/mol. The smallest absolute Gasteiger partial charge is 0.147 e. The molecule has 0 aromatic carbocycles. The van der Waals surface area contributed by atoms with Gasteiger partial charge in [0.05, 0.1) is 12.4 Å². The molecule has 1 aliphatic heterocycles. The van der Waals surface area contributed by atoms with Crippen molar-refractivity contribution in [2.24, 2.45) is 5.92 Å². The number of halogens is 1. The SMILES string of the molecule is CCCC1CCN(c2cnc(Br)cn2)C1. The number of hydrogen-bond acceptors (Lipinski definition) is 3. The van der Waals surface area contributed by atoms with E-state index in [0.717, 1.165) is 29.4 Å². The molecule has 1 saturated heterocycles. The van der Waals surface area contributed by atoms with E-state index < -0.39 is 0 Å². The van der Waals surface area contributed by atoms with Gasteiger partial charge in [0, 0.05) is 13.1 Å². The Balaban J connectivity index is 1.98. The second-order valence-electron chi connectivity index (χ2n) is 4.09. The van der Waals surface area contributed by atoms with Gasteiger partial charge in [-0.05, 0) is 34.7 Å². The fourth-order valence-corrected chi connectivity index (χ4v) is 2.36. The van der Waals surface area contributed by atoms with E-state index in [-0.39, 0.29) is 0 Å². The molecule has 82 valence electrons. The van der Waals surface area contributed by atoms with E-state index >= 15 is 0 Å². The Morgan fingerprint density at radius 2 is 2.33 bits per heavy atom. The number of aromatic nitrogens is 2. The average Bonchev–Trinajstić information content (AvgIpc) is 2.68. The fraction of sp³-hybridized carbons (Fsp3) is 0.636. The first-order valence-corrected chi connectivity index (χ1v) is 6.31. The molecule has 0 N–H and O–H groups in total. The molecule has 1 unspecified atom stereocenters. The number of hydrogen-bond donors (Lipinski definition) is 0. The van der Waals surface area contributed by atoms with Gasteiger partial charge in [-0.25, -0.2) is 9.97 Å². The molecule has 1 aromatic heterocycles. The molecule has 0 saturated carbocycles. The third-order valence-electron chi connectivity index (χ3n) is 2.91. The zero-order chi connectivity index (χ0) is 10.7. The maximum absolute atomic E-state index is 4.37. The van der Waals surface area contributed by atoms with E-state index in [1.807, 2.05) is 6.20 Å². The molecule has 3 nitrogen and oxygen atoms in total. The minimum Gasteiger partial charge on any atom is -0.355 e. The molecule has 2 heterocycles. The zero-order valence-electron chi connectivity index (χ0n) is 8.99. The summed E-state index contributed by atoms with van der Waals surface area (Å²) in [6.45, 7) is 4.52. The van der Waals surface area contributed by atoms with Crippen LogP contribution in [0.3, 0.4) is 0 Å². The molecule has 1 atom stereocenters. The molecule has 1 fully saturated rings. The lowest BCUT2D eigenvalue weighted by atomic mass is 10.0. The topological polar surface area (TPSA) is 29.0 Å². The maximum atomic E-state index is 4.37. The third-order valence-corrected chi connectivity index (χ3v) is 3.32. The molecule has 0 aliphatic carbocycles. The van der Waals surface area contributed by atoms with Crippen molar-refractivity contribution in [3.05, 3.63) is 17.0 Å². The van der Waals surface area contributed by atoms with E-state index in [1.165, 1.54) is 19.3 Å². The van der Waals surface area contributed by atoms with Gasteiger partial charge in [-0.2, -0.15) is 0 Å². The lowest BCUT2D eigenvalue weighted by Crippen LogP contribution is -2.20. The first-order chi connectivity index (χ1) is 7.29. The average molecular weight is 270 g/mol. The standard InChI is InChI=1S/C11H16BrN3/c1-2-3-9-4-5-15(8-9)11-7-13-10(12)6-14-11/h6-7,9H,2-5,8H2,1H3. The molecule has 15 heavy (non-hydrogen) atoms. The van der Waals surface area contributed by atoms with Crippen molar-refractivity contribution in [1.82, 2.24) is 9.97 Å². The molecule has 0 amide bonds. The lowest BCUT2D eigenvalue weighted by molar-refractivity contribution is 0.529. The van der Waals surface area contributed by atoms with Crippen molar-refractivity contribution in [3.8, 4) is 0 Å². The second-order valence-corrected chi connectivity index (χ2v) is 4.90. The highest BCUT2D eigenvalue weighted by molar-refractivity contribution is 9.10. The van der Waals surface area contributed by atoms with Crippen LogP contribution >= 0.6 is 15.9 Å². The first kappa shape index (κ1) is 10.9. The Hall–Kier alpha value is -0.640. The summed E-state index contributed by atoms with van der Waals surface area (Å²) < 4.78 is 0.801. The highest BCUT2D eigenvalue weighted by Gasteiger charge is 2.22. The summed E-state index contributed by atoms with van der Waals surface area (Å²) >= 11 is 3.30. The van der Waals surface area contributed by atoms with Gasteiger partial charge >= 0.3 is 0 Å².